The number of hydroxylamine groups is 1. The Balaban J connectivity index is 2.92. The fourth-order valence-corrected chi connectivity index (χ4v) is 1.29. The van der Waals surface area contributed by atoms with Crippen molar-refractivity contribution in [2.24, 2.45) is 0 Å². The molecule has 0 saturated heterocycles. The molecular weight excluding hydrogens is 244 g/mol. The zero-order valence-corrected chi connectivity index (χ0v) is 8.49. The summed E-state index contributed by atoms with van der Waals surface area (Å²) < 4.78 is 26.5. The van der Waals surface area contributed by atoms with Crippen LogP contribution in [-0.2, 0) is 11.4 Å². The van der Waals surface area contributed by atoms with Gasteiger partial charge in [0.15, 0.2) is 0 Å². The normalized spacial score (nSPS) is 10.5. The second-order valence-corrected chi connectivity index (χ2v) is 3.29. The van der Waals surface area contributed by atoms with E-state index in [1.54, 1.807) is 0 Å². The molecule has 0 radical (unpaired) electrons. The third kappa shape index (κ3) is 2.72. The smallest absolute Gasteiger partial charge is 0.131 e. The van der Waals surface area contributed by atoms with Crippen LogP contribution in [0.4, 0.5) is 8.78 Å². The highest BCUT2D eigenvalue weighted by atomic mass is 79.9. The van der Waals surface area contributed by atoms with E-state index in [4.69, 9.17) is 0 Å². The summed E-state index contributed by atoms with van der Waals surface area (Å²) in [6.07, 6.45) is 0. The lowest BCUT2D eigenvalue weighted by molar-refractivity contribution is 0.0850. The van der Waals surface area contributed by atoms with E-state index in [1.807, 2.05) is 0 Å². The molecule has 1 aromatic carbocycles. The topological polar surface area (TPSA) is 21.3 Å². The van der Waals surface area contributed by atoms with Gasteiger partial charge in [0, 0.05) is 10.0 Å². The predicted molar refractivity (Wildman–Crippen MR) is 47.9 cm³/mol. The molecule has 0 amide bonds. The van der Waals surface area contributed by atoms with Crippen molar-refractivity contribution < 1.29 is 13.6 Å². The Bertz CT molecular complexity index is 283. The van der Waals surface area contributed by atoms with Crippen LogP contribution in [0.2, 0.25) is 0 Å². The Morgan fingerprint density at radius 1 is 1.38 bits per heavy atom. The second kappa shape index (κ2) is 4.64. The first-order valence-electron chi connectivity index (χ1n) is 3.54. The van der Waals surface area contributed by atoms with Crippen LogP contribution < -0.4 is 5.48 Å². The molecule has 1 rings (SSSR count). The Labute approximate surface area is 83.0 Å². The van der Waals surface area contributed by atoms with Gasteiger partial charge in [-0.25, -0.2) is 8.78 Å². The molecular formula is C8H8BrF2NO. The lowest BCUT2D eigenvalue weighted by Crippen LogP contribution is -2.13. The molecule has 1 N–H and O–H groups in total. The monoisotopic (exact) mass is 251 g/mol. The molecule has 0 heterocycles. The summed E-state index contributed by atoms with van der Waals surface area (Å²) in [6.45, 7) is 0.00144. The molecule has 0 unspecified atom stereocenters. The van der Waals surface area contributed by atoms with Crippen molar-refractivity contribution >= 4 is 15.9 Å². The molecule has 0 saturated carbocycles. The van der Waals surface area contributed by atoms with Crippen molar-refractivity contribution in [3.63, 3.8) is 0 Å². The van der Waals surface area contributed by atoms with Crippen LogP contribution in [0.15, 0.2) is 16.6 Å². The maximum absolute atomic E-state index is 13.1. The van der Waals surface area contributed by atoms with E-state index in [0.29, 0.717) is 4.47 Å². The second-order valence-electron chi connectivity index (χ2n) is 2.37. The quantitative estimate of drug-likeness (QED) is 0.834. The van der Waals surface area contributed by atoms with Crippen molar-refractivity contribution in [1.29, 1.82) is 0 Å². The van der Waals surface area contributed by atoms with Crippen LogP contribution >= 0.6 is 15.9 Å². The zero-order valence-electron chi connectivity index (χ0n) is 6.90. The van der Waals surface area contributed by atoms with Gasteiger partial charge in [0.25, 0.3) is 0 Å². The summed E-state index contributed by atoms with van der Waals surface area (Å²) >= 11 is 2.98. The third-order valence-electron chi connectivity index (χ3n) is 1.50. The number of hydrogen-bond donors (Lipinski definition) is 1. The molecule has 72 valence electrons. The van der Waals surface area contributed by atoms with Crippen molar-refractivity contribution in [2.75, 3.05) is 7.11 Å². The van der Waals surface area contributed by atoms with Crippen LogP contribution in [0.5, 0.6) is 0 Å². The van der Waals surface area contributed by atoms with Gasteiger partial charge in [-0.2, -0.15) is 5.48 Å². The van der Waals surface area contributed by atoms with Gasteiger partial charge in [-0.3, -0.25) is 0 Å². The summed E-state index contributed by atoms with van der Waals surface area (Å²) in [5, 5.41) is 0. The van der Waals surface area contributed by atoms with Crippen LogP contribution in [0.1, 0.15) is 5.56 Å². The SMILES string of the molecule is CONCc1c(F)cc(Br)cc1F. The molecule has 5 heteroatoms. The summed E-state index contributed by atoms with van der Waals surface area (Å²) in [4.78, 5) is 4.49. The molecule has 2 nitrogen and oxygen atoms in total. The molecule has 0 fully saturated rings. The molecule has 0 aliphatic rings. The molecule has 0 aromatic heterocycles. The highest BCUT2D eigenvalue weighted by molar-refractivity contribution is 9.10. The molecule has 1 aromatic rings. The van der Waals surface area contributed by atoms with Crippen LogP contribution in [0, 0.1) is 11.6 Å². The van der Waals surface area contributed by atoms with E-state index < -0.39 is 11.6 Å². The first-order chi connectivity index (χ1) is 6.15. The van der Waals surface area contributed by atoms with E-state index in [9.17, 15) is 8.78 Å². The maximum atomic E-state index is 13.1. The minimum Gasteiger partial charge on any atom is -0.305 e. The summed E-state index contributed by atoms with van der Waals surface area (Å²) in [5.41, 5.74) is 2.33. The fourth-order valence-electron chi connectivity index (χ4n) is 0.885. The van der Waals surface area contributed by atoms with E-state index in [-0.39, 0.29) is 12.1 Å². The van der Waals surface area contributed by atoms with Crippen molar-refractivity contribution in [3.05, 3.63) is 33.8 Å². The molecule has 13 heavy (non-hydrogen) atoms. The van der Waals surface area contributed by atoms with Gasteiger partial charge in [0.2, 0.25) is 0 Å². The van der Waals surface area contributed by atoms with Gasteiger partial charge in [0.05, 0.1) is 13.7 Å². The minimum absolute atomic E-state index is 0.00144. The predicted octanol–water partition coefficient (Wildman–Crippen LogP) is 2.38. The molecule has 0 bridgehead atoms. The Hall–Kier alpha value is -0.520. The number of benzene rings is 1. The summed E-state index contributed by atoms with van der Waals surface area (Å²) in [5.74, 6) is -1.20. The first-order valence-corrected chi connectivity index (χ1v) is 4.33. The first kappa shape index (κ1) is 10.6. The van der Waals surface area contributed by atoms with Gasteiger partial charge in [-0.05, 0) is 12.1 Å². The molecule has 0 spiro atoms. The van der Waals surface area contributed by atoms with Crippen molar-refractivity contribution in [1.82, 2.24) is 5.48 Å². The summed E-state index contributed by atoms with van der Waals surface area (Å²) in [7, 11) is 1.38. The minimum atomic E-state index is -0.601. The Kier molecular flexibility index (Phi) is 3.77. The summed E-state index contributed by atoms with van der Waals surface area (Å²) in [6, 6.07) is 2.41. The highest BCUT2D eigenvalue weighted by Gasteiger charge is 2.09. The lowest BCUT2D eigenvalue weighted by Gasteiger charge is -2.05. The van der Waals surface area contributed by atoms with Gasteiger partial charge >= 0.3 is 0 Å². The maximum Gasteiger partial charge on any atom is 0.131 e. The van der Waals surface area contributed by atoms with Gasteiger partial charge in [-0.15, -0.1) is 0 Å². The number of halogens is 3. The van der Waals surface area contributed by atoms with Crippen LogP contribution in [0.3, 0.4) is 0 Å². The fraction of sp³-hybridized carbons (Fsp3) is 0.250. The van der Waals surface area contributed by atoms with Gasteiger partial charge in [0.1, 0.15) is 11.6 Å². The largest absolute Gasteiger partial charge is 0.305 e. The molecule has 0 aliphatic heterocycles. The highest BCUT2D eigenvalue weighted by Crippen LogP contribution is 2.19. The third-order valence-corrected chi connectivity index (χ3v) is 1.96. The van der Waals surface area contributed by atoms with Gasteiger partial charge < -0.3 is 4.84 Å². The number of nitrogens with one attached hydrogen (secondary N) is 1. The average molecular weight is 252 g/mol. The van der Waals surface area contributed by atoms with E-state index in [2.05, 4.69) is 26.2 Å². The van der Waals surface area contributed by atoms with Crippen LogP contribution in [-0.4, -0.2) is 7.11 Å². The Morgan fingerprint density at radius 2 is 1.92 bits per heavy atom. The molecule has 0 aliphatic carbocycles. The number of rotatable bonds is 3. The Morgan fingerprint density at radius 3 is 2.38 bits per heavy atom. The lowest BCUT2D eigenvalue weighted by atomic mass is 10.2. The van der Waals surface area contributed by atoms with Gasteiger partial charge in [-0.1, -0.05) is 15.9 Å². The van der Waals surface area contributed by atoms with E-state index in [1.165, 1.54) is 19.2 Å². The zero-order chi connectivity index (χ0) is 9.84. The standard InChI is InChI=1S/C8H8BrF2NO/c1-13-12-4-6-7(10)2-5(9)3-8(6)11/h2-3,12H,4H2,1H3. The average Bonchev–Trinajstić information content (AvgIpc) is 2.02. The van der Waals surface area contributed by atoms with E-state index in [0.717, 1.165) is 0 Å². The van der Waals surface area contributed by atoms with Crippen molar-refractivity contribution in [2.45, 2.75) is 6.54 Å². The van der Waals surface area contributed by atoms with Crippen molar-refractivity contribution in [3.8, 4) is 0 Å². The molecule has 0 atom stereocenters. The van der Waals surface area contributed by atoms with Crippen LogP contribution in [0.25, 0.3) is 0 Å². The number of hydrogen-bond acceptors (Lipinski definition) is 2. The van der Waals surface area contributed by atoms with E-state index >= 15 is 0 Å².